The fraction of sp³-hybridized carbons (Fsp3) is 0.212. The van der Waals surface area contributed by atoms with Crippen LogP contribution in [0.1, 0.15) is 27.2 Å². The van der Waals surface area contributed by atoms with Gasteiger partial charge in [0, 0.05) is 55.4 Å². The molecule has 0 unspecified atom stereocenters. The number of carbonyl (C=O) groups excluding carboxylic acids is 1. The lowest BCUT2D eigenvalue weighted by Crippen LogP contribution is -2.47. The third-order valence-corrected chi connectivity index (χ3v) is 7.83. The van der Waals surface area contributed by atoms with Gasteiger partial charge in [-0.2, -0.15) is 18.2 Å². The summed E-state index contributed by atoms with van der Waals surface area (Å²) in [6.07, 6.45) is -4.42. The number of benzene rings is 3. The SMILES string of the molecule is Cc1nc(N2CCN(c3ccc(O)cc3)CC2)nc2c1ccc(=O)n2-c1ccc(C(=O)NCc2ccc(C(F)(F)F)cc2)cc1. The zero-order valence-corrected chi connectivity index (χ0v) is 24.3. The number of rotatable bonds is 6. The normalized spacial score (nSPS) is 13.7. The standard InChI is InChI=1S/C33H29F3N6O3/c1-21-28-14-15-29(44)42(30(28)39-32(38-21)41-18-16-40(17-19-41)25-10-12-27(43)13-11-25)26-8-4-23(5-9-26)31(45)37-20-22-2-6-24(7-3-22)33(34,35)36/h2-15,43H,16-20H2,1H3,(H,37,45). The predicted molar refractivity (Wildman–Crippen MR) is 165 cm³/mol. The van der Waals surface area contributed by atoms with Crippen LogP contribution in [0.25, 0.3) is 16.7 Å². The molecule has 0 bridgehead atoms. The molecule has 0 atom stereocenters. The summed E-state index contributed by atoms with van der Waals surface area (Å²) in [7, 11) is 0. The molecule has 0 spiro atoms. The Hall–Kier alpha value is -5.39. The minimum atomic E-state index is -4.42. The number of halogens is 3. The van der Waals surface area contributed by atoms with Crippen molar-refractivity contribution in [1.82, 2.24) is 19.9 Å². The number of nitrogens with zero attached hydrogens (tertiary/aromatic N) is 5. The molecule has 3 aromatic carbocycles. The van der Waals surface area contributed by atoms with Crippen molar-refractivity contribution in [2.75, 3.05) is 36.0 Å². The van der Waals surface area contributed by atoms with E-state index in [0.717, 1.165) is 42.0 Å². The van der Waals surface area contributed by atoms with Crippen LogP contribution in [0.2, 0.25) is 0 Å². The first-order valence-electron chi connectivity index (χ1n) is 14.3. The molecule has 9 nitrogen and oxygen atoms in total. The topological polar surface area (TPSA) is 104 Å². The first-order chi connectivity index (χ1) is 21.6. The van der Waals surface area contributed by atoms with Crippen LogP contribution in [0.3, 0.4) is 0 Å². The summed E-state index contributed by atoms with van der Waals surface area (Å²) in [6.45, 7) is 4.73. The summed E-state index contributed by atoms with van der Waals surface area (Å²) < 4.78 is 39.9. The molecule has 1 amide bonds. The minimum Gasteiger partial charge on any atom is -0.508 e. The fourth-order valence-corrected chi connectivity index (χ4v) is 5.33. The second kappa shape index (κ2) is 11.9. The van der Waals surface area contributed by atoms with Crippen LogP contribution in [-0.4, -0.2) is 51.7 Å². The molecule has 6 rings (SSSR count). The maximum Gasteiger partial charge on any atom is 0.416 e. The Morgan fingerprint density at radius 1 is 0.822 bits per heavy atom. The Kier molecular flexibility index (Phi) is 7.88. The number of pyridine rings is 1. The van der Waals surface area contributed by atoms with Crippen molar-refractivity contribution < 1.29 is 23.1 Å². The summed E-state index contributed by atoms with van der Waals surface area (Å²) in [6, 6.07) is 21.3. The zero-order valence-electron chi connectivity index (χ0n) is 24.3. The summed E-state index contributed by atoms with van der Waals surface area (Å²) in [5.41, 5.74) is 2.54. The lowest BCUT2D eigenvalue weighted by atomic mass is 10.1. The van der Waals surface area contributed by atoms with Gasteiger partial charge in [0.2, 0.25) is 5.95 Å². The van der Waals surface area contributed by atoms with Gasteiger partial charge >= 0.3 is 6.18 Å². The number of amides is 1. The van der Waals surface area contributed by atoms with Gasteiger partial charge in [0.1, 0.15) is 5.75 Å². The molecule has 2 N–H and O–H groups in total. The quantitative estimate of drug-likeness (QED) is 0.275. The molecular weight excluding hydrogens is 585 g/mol. The van der Waals surface area contributed by atoms with E-state index in [1.165, 1.54) is 22.8 Å². The number of aryl methyl sites for hydroxylation is 1. The highest BCUT2D eigenvalue weighted by atomic mass is 19.4. The Morgan fingerprint density at radius 3 is 2.09 bits per heavy atom. The molecule has 1 aliphatic rings. The third-order valence-electron chi connectivity index (χ3n) is 7.83. The van der Waals surface area contributed by atoms with Crippen LogP contribution in [0.4, 0.5) is 24.8 Å². The fourth-order valence-electron chi connectivity index (χ4n) is 5.33. The van der Waals surface area contributed by atoms with Crippen molar-refractivity contribution in [3.8, 4) is 11.4 Å². The van der Waals surface area contributed by atoms with Crippen molar-refractivity contribution in [2.45, 2.75) is 19.6 Å². The first-order valence-corrected chi connectivity index (χ1v) is 14.3. The molecule has 1 aliphatic heterocycles. The molecule has 3 heterocycles. The van der Waals surface area contributed by atoms with Crippen molar-refractivity contribution in [2.24, 2.45) is 0 Å². The van der Waals surface area contributed by atoms with Crippen molar-refractivity contribution >= 4 is 28.6 Å². The van der Waals surface area contributed by atoms with E-state index >= 15 is 0 Å². The average Bonchev–Trinajstić information content (AvgIpc) is 3.04. The van der Waals surface area contributed by atoms with Gasteiger partial charge in [-0.15, -0.1) is 0 Å². The van der Waals surface area contributed by atoms with Gasteiger partial charge in [0.15, 0.2) is 5.65 Å². The number of anilines is 2. The summed E-state index contributed by atoms with van der Waals surface area (Å²) in [4.78, 5) is 39.8. The number of aromatic nitrogens is 3. The third kappa shape index (κ3) is 6.30. The molecule has 45 heavy (non-hydrogen) atoms. The van der Waals surface area contributed by atoms with E-state index in [4.69, 9.17) is 9.97 Å². The van der Waals surface area contributed by atoms with E-state index in [0.29, 0.717) is 41.5 Å². The number of nitrogens with one attached hydrogen (secondary N) is 1. The van der Waals surface area contributed by atoms with E-state index in [1.54, 1.807) is 42.5 Å². The Balaban J connectivity index is 1.20. The van der Waals surface area contributed by atoms with E-state index in [1.807, 2.05) is 19.1 Å². The zero-order chi connectivity index (χ0) is 31.7. The van der Waals surface area contributed by atoms with E-state index in [-0.39, 0.29) is 17.9 Å². The summed E-state index contributed by atoms with van der Waals surface area (Å²) in [5.74, 6) is 0.334. The van der Waals surface area contributed by atoms with E-state index < -0.39 is 17.6 Å². The number of hydrogen-bond donors (Lipinski definition) is 2. The van der Waals surface area contributed by atoms with Crippen LogP contribution in [0, 0.1) is 6.92 Å². The molecule has 230 valence electrons. The summed E-state index contributed by atoms with van der Waals surface area (Å²) >= 11 is 0. The highest BCUT2D eigenvalue weighted by Crippen LogP contribution is 2.29. The van der Waals surface area contributed by atoms with Gasteiger partial charge in [-0.3, -0.25) is 14.2 Å². The van der Waals surface area contributed by atoms with Gasteiger partial charge in [-0.1, -0.05) is 12.1 Å². The van der Waals surface area contributed by atoms with Gasteiger partial charge < -0.3 is 20.2 Å². The lowest BCUT2D eigenvalue weighted by Gasteiger charge is -2.36. The number of phenols is 1. The number of carbonyl (C=O) groups is 1. The Morgan fingerprint density at radius 2 is 1.44 bits per heavy atom. The van der Waals surface area contributed by atoms with Crippen molar-refractivity contribution in [1.29, 1.82) is 0 Å². The Bertz CT molecular complexity index is 1900. The molecule has 12 heteroatoms. The maximum absolute atomic E-state index is 13.1. The first kappa shape index (κ1) is 29.7. The smallest absolute Gasteiger partial charge is 0.416 e. The van der Waals surface area contributed by atoms with Crippen LogP contribution in [-0.2, 0) is 12.7 Å². The molecular formula is C33H29F3N6O3. The molecule has 0 radical (unpaired) electrons. The van der Waals surface area contributed by atoms with Gasteiger partial charge in [0.05, 0.1) is 16.9 Å². The van der Waals surface area contributed by atoms with Crippen LogP contribution in [0.5, 0.6) is 5.75 Å². The second-order valence-corrected chi connectivity index (χ2v) is 10.8. The monoisotopic (exact) mass is 614 g/mol. The van der Waals surface area contributed by atoms with Crippen LogP contribution < -0.4 is 20.7 Å². The number of alkyl halides is 3. The number of aromatic hydroxyl groups is 1. The number of phenolic OH excluding ortho intramolecular Hbond substituents is 1. The van der Waals surface area contributed by atoms with Gasteiger partial charge in [-0.25, -0.2) is 4.98 Å². The van der Waals surface area contributed by atoms with E-state index in [9.17, 15) is 27.9 Å². The Labute approximate surface area is 256 Å². The van der Waals surface area contributed by atoms with Crippen molar-refractivity contribution in [3.63, 3.8) is 0 Å². The molecule has 0 saturated carbocycles. The molecule has 1 saturated heterocycles. The molecule has 1 fully saturated rings. The average molecular weight is 615 g/mol. The number of piperazine rings is 1. The summed E-state index contributed by atoms with van der Waals surface area (Å²) in [5, 5.41) is 13.0. The lowest BCUT2D eigenvalue weighted by molar-refractivity contribution is -0.137. The maximum atomic E-state index is 13.1. The van der Waals surface area contributed by atoms with Crippen molar-refractivity contribution in [3.05, 3.63) is 118 Å². The minimum absolute atomic E-state index is 0.0592. The van der Waals surface area contributed by atoms with Gasteiger partial charge in [-0.05, 0) is 79.2 Å². The molecule has 0 aliphatic carbocycles. The molecule has 5 aromatic rings. The number of hydrogen-bond acceptors (Lipinski definition) is 7. The largest absolute Gasteiger partial charge is 0.508 e. The highest BCUT2D eigenvalue weighted by Gasteiger charge is 2.30. The van der Waals surface area contributed by atoms with Crippen LogP contribution in [0.15, 0.2) is 89.7 Å². The van der Waals surface area contributed by atoms with Gasteiger partial charge in [0.25, 0.3) is 11.5 Å². The number of fused-ring (bicyclic) bond motifs is 1. The molecule has 2 aromatic heterocycles. The van der Waals surface area contributed by atoms with E-state index in [2.05, 4.69) is 15.1 Å². The second-order valence-electron chi connectivity index (χ2n) is 10.8. The predicted octanol–water partition coefficient (Wildman–Crippen LogP) is 5.07. The van der Waals surface area contributed by atoms with Crippen LogP contribution >= 0.6 is 0 Å². The highest BCUT2D eigenvalue weighted by molar-refractivity contribution is 5.94.